The Bertz CT molecular complexity index is 768. The van der Waals surface area contributed by atoms with Crippen molar-refractivity contribution in [2.45, 2.75) is 77.2 Å². The molecule has 1 aliphatic heterocycles. The first kappa shape index (κ1) is 18.4. The third-order valence-electron chi connectivity index (χ3n) is 9.42. The molecule has 0 saturated heterocycles. The van der Waals surface area contributed by atoms with Gasteiger partial charge < -0.3 is 9.94 Å². The van der Waals surface area contributed by atoms with Gasteiger partial charge in [0, 0.05) is 11.5 Å². The van der Waals surface area contributed by atoms with Gasteiger partial charge in [0.05, 0.1) is 5.71 Å². The summed E-state index contributed by atoms with van der Waals surface area (Å²) >= 11 is 0. The lowest BCUT2D eigenvalue weighted by atomic mass is 9.47. The van der Waals surface area contributed by atoms with Crippen molar-refractivity contribution in [2.24, 2.45) is 40.2 Å². The Morgan fingerprint density at radius 3 is 2.79 bits per heavy atom. The number of carbonyl (C=O) groups excluding carboxylic acids is 1. The first-order valence-corrected chi connectivity index (χ1v) is 11.4. The summed E-state index contributed by atoms with van der Waals surface area (Å²) in [7, 11) is 0. The zero-order valence-corrected chi connectivity index (χ0v) is 17.2. The Hall–Kier alpha value is -1.58. The first-order valence-electron chi connectivity index (χ1n) is 11.4. The largest absolute Gasteiger partial charge is 0.451 e. The Balaban J connectivity index is 1.53. The third kappa shape index (κ3) is 2.29. The maximum Gasteiger partial charge on any atom is 0.331 e. The van der Waals surface area contributed by atoms with E-state index in [9.17, 15) is 10.0 Å². The van der Waals surface area contributed by atoms with Crippen molar-refractivity contribution in [3.63, 3.8) is 0 Å². The molecule has 3 fully saturated rings. The summed E-state index contributed by atoms with van der Waals surface area (Å²) in [5.74, 6) is 3.35. The van der Waals surface area contributed by atoms with Gasteiger partial charge in [0.2, 0.25) is 0 Å². The number of hydrogen-bond donors (Lipinski definition) is 1. The summed E-state index contributed by atoms with van der Waals surface area (Å²) in [5, 5.41) is 12.8. The van der Waals surface area contributed by atoms with E-state index in [-0.39, 0.29) is 17.0 Å². The van der Waals surface area contributed by atoms with E-state index in [0.717, 1.165) is 49.7 Å². The summed E-state index contributed by atoms with van der Waals surface area (Å²) in [6.07, 6.45) is 16.1. The number of allylic oxidation sites excluding steroid dienone is 2. The number of rotatable bonds is 2. The molecule has 3 saturated carbocycles. The topological polar surface area (TPSA) is 58.9 Å². The van der Waals surface area contributed by atoms with Crippen LogP contribution in [0.2, 0.25) is 0 Å². The molecule has 4 aliphatic carbocycles. The normalized spacial score (nSPS) is 48.2. The fraction of sp³-hybridized carbons (Fsp3) is 0.750. The molecule has 0 radical (unpaired) electrons. The van der Waals surface area contributed by atoms with Crippen molar-refractivity contribution >= 4 is 11.7 Å². The van der Waals surface area contributed by atoms with E-state index in [4.69, 9.17) is 4.74 Å². The highest BCUT2D eigenvalue weighted by atomic mass is 16.6. The standard InChI is InChI=1S/C24H33NO3/c1-3-15-13-16-14-17(25-27)5-6-18(16)19-7-10-23(4-2)20(22(15)19)8-11-24(23)12-9-21(26)28-24/h9,12,14-15,18-20,22,27H,3-8,10-11,13H2,1-2H3/t15?,18-,19?,20?,22?,23-,24+/m0/s1. The smallest absolute Gasteiger partial charge is 0.331 e. The zero-order valence-electron chi connectivity index (χ0n) is 17.2. The molecule has 5 rings (SSSR count). The highest BCUT2D eigenvalue weighted by molar-refractivity contribution is 5.96. The van der Waals surface area contributed by atoms with Gasteiger partial charge >= 0.3 is 5.97 Å². The Labute approximate surface area is 168 Å². The average Bonchev–Trinajstić information content (AvgIpc) is 3.27. The minimum atomic E-state index is -0.341. The van der Waals surface area contributed by atoms with Crippen LogP contribution in [0.5, 0.6) is 0 Å². The van der Waals surface area contributed by atoms with Gasteiger partial charge in [0.15, 0.2) is 0 Å². The predicted octanol–water partition coefficient (Wildman–Crippen LogP) is 5.27. The van der Waals surface area contributed by atoms with Gasteiger partial charge in [-0.05, 0) is 93.1 Å². The molecule has 0 aromatic carbocycles. The molecule has 5 aliphatic rings. The van der Waals surface area contributed by atoms with Gasteiger partial charge in [-0.25, -0.2) is 4.79 Å². The quantitative estimate of drug-likeness (QED) is 0.401. The van der Waals surface area contributed by atoms with E-state index in [1.165, 1.54) is 31.3 Å². The lowest BCUT2D eigenvalue weighted by molar-refractivity contribution is -0.166. The van der Waals surface area contributed by atoms with Gasteiger partial charge in [-0.3, -0.25) is 0 Å². The van der Waals surface area contributed by atoms with Gasteiger partial charge in [-0.15, -0.1) is 0 Å². The number of esters is 1. The second-order valence-corrected chi connectivity index (χ2v) is 9.91. The van der Waals surface area contributed by atoms with E-state index in [0.29, 0.717) is 17.8 Å². The van der Waals surface area contributed by atoms with Crippen LogP contribution in [0, 0.1) is 35.0 Å². The van der Waals surface area contributed by atoms with Crippen LogP contribution in [-0.4, -0.2) is 22.5 Å². The van der Waals surface area contributed by atoms with Crippen LogP contribution in [0.1, 0.15) is 71.6 Å². The predicted molar refractivity (Wildman–Crippen MR) is 108 cm³/mol. The van der Waals surface area contributed by atoms with E-state index < -0.39 is 0 Å². The highest BCUT2D eigenvalue weighted by Gasteiger charge is 2.67. The molecule has 0 bridgehead atoms. The Kier molecular flexibility index (Phi) is 4.26. The second-order valence-electron chi connectivity index (χ2n) is 9.91. The van der Waals surface area contributed by atoms with Crippen molar-refractivity contribution < 1.29 is 14.7 Å². The Morgan fingerprint density at radius 1 is 1.25 bits per heavy atom. The molecule has 0 aromatic heterocycles. The fourth-order valence-corrected chi connectivity index (χ4v) is 8.34. The Morgan fingerprint density at radius 2 is 2.11 bits per heavy atom. The van der Waals surface area contributed by atoms with E-state index in [1.807, 2.05) is 0 Å². The number of nitrogens with zero attached hydrogens (tertiary/aromatic N) is 1. The molecule has 0 aromatic rings. The number of ether oxygens (including phenoxy) is 1. The molecule has 152 valence electrons. The van der Waals surface area contributed by atoms with Crippen molar-refractivity contribution in [1.82, 2.24) is 0 Å². The highest BCUT2D eigenvalue weighted by Crippen LogP contribution is 2.69. The molecule has 28 heavy (non-hydrogen) atoms. The first-order chi connectivity index (χ1) is 13.6. The van der Waals surface area contributed by atoms with Crippen molar-refractivity contribution in [1.29, 1.82) is 0 Å². The van der Waals surface area contributed by atoms with Crippen LogP contribution < -0.4 is 0 Å². The third-order valence-corrected chi connectivity index (χ3v) is 9.42. The average molecular weight is 384 g/mol. The minimum absolute atomic E-state index is 0.123. The summed E-state index contributed by atoms with van der Waals surface area (Å²) in [4.78, 5) is 12.0. The van der Waals surface area contributed by atoms with Crippen LogP contribution in [0.15, 0.2) is 29.0 Å². The molecule has 1 heterocycles. The van der Waals surface area contributed by atoms with Crippen LogP contribution in [0.25, 0.3) is 0 Å². The minimum Gasteiger partial charge on any atom is -0.451 e. The number of hydrogen-bond acceptors (Lipinski definition) is 4. The van der Waals surface area contributed by atoms with Gasteiger partial charge in [-0.2, -0.15) is 0 Å². The van der Waals surface area contributed by atoms with Gasteiger partial charge in [0.1, 0.15) is 5.60 Å². The summed E-state index contributed by atoms with van der Waals surface area (Å²) < 4.78 is 6.05. The van der Waals surface area contributed by atoms with Crippen molar-refractivity contribution in [2.75, 3.05) is 0 Å². The lowest BCUT2D eigenvalue weighted by Gasteiger charge is -2.58. The van der Waals surface area contributed by atoms with E-state index >= 15 is 0 Å². The number of oxime groups is 1. The fourth-order valence-electron chi connectivity index (χ4n) is 8.34. The molecule has 0 amide bonds. The van der Waals surface area contributed by atoms with Crippen LogP contribution in [0.3, 0.4) is 0 Å². The van der Waals surface area contributed by atoms with Gasteiger partial charge in [0.25, 0.3) is 0 Å². The van der Waals surface area contributed by atoms with Crippen LogP contribution in [-0.2, 0) is 9.53 Å². The van der Waals surface area contributed by atoms with Gasteiger partial charge in [-0.1, -0.05) is 31.0 Å². The lowest BCUT2D eigenvalue weighted by Crippen LogP contribution is -2.55. The maximum atomic E-state index is 12.0. The monoisotopic (exact) mass is 383 g/mol. The molecule has 4 heteroatoms. The van der Waals surface area contributed by atoms with Crippen LogP contribution in [0.4, 0.5) is 0 Å². The molecule has 1 N–H and O–H groups in total. The molecular formula is C24H33NO3. The van der Waals surface area contributed by atoms with Crippen LogP contribution >= 0.6 is 0 Å². The molecule has 7 atom stereocenters. The molecule has 1 spiro atoms. The van der Waals surface area contributed by atoms with Crippen molar-refractivity contribution in [3.05, 3.63) is 23.8 Å². The molecular weight excluding hydrogens is 350 g/mol. The SMILES string of the molecule is CCC1CC2=CC(=NO)CC[C@@H]2C2CC[C@@]3(CC)C(CC[C@@]34C=CC(=O)O4)C12. The summed E-state index contributed by atoms with van der Waals surface area (Å²) in [6.45, 7) is 4.66. The molecule has 4 nitrogen and oxygen atoms in total. The second kappa shape index (κ2) is 6.47. The number of carbonyl (C=O) groups is 1. The maximum absolute atomic E-state index is 12.0. The number of fused-ring (bicyclic) bond motifs is 6. The summed E-state index contributed by atoms with van der Waals surface area (Å²) in [6, 6.07) is 0. The van der Waals surface area contributed by atoms with Crippen molar-refractivity contribution in [3.8, 4) is 0 Å². The zero-order chi connectivity index (χ0) is 19.5. The molecule has 4 unspecified atom stereocenters. The summed E-state index contributed by atoms with van der Waals surface area (Å²) in [5.41, 5.74) is 2.18. The van der Waals surface area contributed by atoms with E-state index in [1.54, 1.807) is 6.08 Å². The van der Waals surface area contributed by atoms with E-state index in [2.05, 4.69) is 31.2 Å².